The molecule has 0 saturated carbocycles. The molecule has 50 heavy (non-hydrogen) atoms. The topological polar surface area (TPSA) is 59.8 Å². The van der Waals surface area contributed by atoms with Crippen LogP contribution in [0.4, 0.5) is 0 Å². The zero-order chi connectivity index (χ0) is 37.0. The van der Waals surface area contributed by atoms with Gasteiger partial charge in [-0.3, -0.25) is 0 Å². The summed E-state index contributed by atoms with van der Waals surface area (Å²) in [6.07, 6.45) is 8.26. The van der Waals surface area contributed by atoms with Crippen LogP contribution in [0, 0.1) is 0 Å². The van der Waals surface area contributed by atoms with Crippen molar-refractivity contribution in [1.29, 1.82) is 0 Å². The second kappa shape index (κ2) is 15.1. The summed E-state index contributed by atoms with van der Waals surface area (Å²) in [5.74, 6) is -2.13. The van der Waals surface area contributed by atoms with Gasteiger partial charge in [0.2, 0.25) is 0 Å². The molecule has 20 heteroatoms. The van der Waals surface area contributed by atoms with Crippen LogP contribution in [-0.4, -0.2) is 19.6 Å². The van der Waals surface area contributed by atoms with Gasteiger partial charge in [0, 0.05) is 0 Å². The number of nitrogens with one attached hydrogen (secondary N) is 1. The van der Waals surface area contributed by atoms with Crippen LogP contribution in [-0.2, 0) is 0 Å². The molecule has 3 aromatic carbocycles. The SMILES string of the molecule is CCCC[NH+](CCCC)CCCC.Clc1c(Cl)c(Cl)c2c(c1Cl)O[P-]13(O2)(Oc2c(Cl)c(Cl)c(Cl)c(Cl)c2O1)Oc1c(Cl)c(Cl)c(Cl)c(Cl)c1O3. The van der Waals surface area contributed by atoms with Crippen LogP contribution in [0.25, 0.3) is 0 Å². The molecule has 278 valence electrons. The van der Waals surface area contributed by atoms with Gasteiger partial charge < -0.3 is 4.90 Å². The molecule has 0 fully saturated rings. The second-order valence-electron chi connectivity index (χ2n) is 11.5. The number of hydrogen-bond donors (Lipinski definition) is 1. The van der Waals surface area contributed by atoms with Crippen LogP contribution in [0.2, 0.25) is 60.3 Å². The average molecular weight is 955 g/mol. The first kappa shape index (κ1) is 41.5. The summed E-state index contributed by atoms with van der Waals surface area (Å²) < 4.78 is 36.9. The van der Waals surface area contributed by atoms with Crippen LogP contribution in [0.5, 0.6) is 34.5 Å². The van der Waals surface area contributed by atoms with E-state index in [-0.39, 0.29) is 94.8 Å². The van der Waals surface area contributed by atoms with Crippen LogP contribution < -0.4 is 32.0 Å². The van der Waals surface area contributed by atoms with E-state index in [0.717, 1.165) is 0 Å². The summed E-state index contributed by atoms with van der Waals surface area (Å²) in [4.78, 5) is 1.84. The second-order valence-corrected chi connectivity index (χ2v) is 19.3. The Morgan fingerprint density at radius 2 is 0.520 bits per heavy atom. The van der Waals surface area contributed by atoms with E-state index in [1.807, 2.05) is 4.90 Å². The molecule has 0 amide bonds. The van der Waals surface area contributed by atoms with E-state index in [0.29, 0.717) is 0 Å². The van der Waals surface area contributed by atoms with Gasteiger partial charge in [0.1, 0.15) is 0 Å². The Morgan fingerprint density at radius 3 is 0.680 bits per heavy atom. The van der Waals surface area contributed by atoms with Crippen molar-refractivity contribution in [3.05, 3.63) is 60.3 Å². The van der Waals surface area contributed by atoms with E-state index in [4.69, 9.17) is 166 Å². The Balaban J connectivity index is 0.000000320. The van der Waals surface area contributed by atoms with Crippen molar-refractivity contribution in [3.8, 4) is 34.5 Å². The molecule has 0 aromatic heterocycles. The molecule has 3 aliphatic rings. The van der Waals surface area contributed by atoms with E-state index in [2.05, 4.69) is 20.8 Å². The number of hydrogen-bond acceptors (Lipinski definition) is 6. The average Bonchev–Trinajstić information content (AvgIpc) is 3.72. The molecule has 0 unspecified atom stereocenters. The van der Waals surface area contributed by atoms with Crippen LogP contribution in [0.1, 0.15) is 59.3 Å². The van der Waals surface area contributed by atoms with Gasteiger partial charge in [0.05, 0.1) is 19.6 Å². The van der Waals surface area contributed by atoms with Crippen molar-refractivity contribution in [1.82, 2.24) is 0 Å². The number of benzene rings is 3. The predicted molar refractivity (Wildman–Crippen MR) is 210 cm³/mol. The molecule has 3 aromatic rings. The summed E-state index contributed by atoms with van der Waals surface area (Å²) in [5.41, 5.74) is 0. The zero-order valence-corrected chi connectivity index (χ0v) is 36.3. The Hall–Kier alpha value is 0.330. The van der Waals surface area contributed by atoms with E-state index in [1.54, 1.807) is 0 Å². The third kappa shape index (κ3) is 6.78. The molecular weight excluding hydrogens is 927 g/mol. The first-order valence-corrected chi connectivity index (χ1v) is 22.0. The number of halogens is 12. The van der Waals surface area contributed by atoms with E-state index in [9.17, 15) is 0 Å². The molecule has 0 bridgehead atoms. The van der Waals surface area contributed by atoms with Gasteiger partial charge in [0.25, 0.3) is 0 Å². The van der Waals surface area contributed by atoms with Gasteiger partial charge in [-0.15, -0.1) is 0 Å². The van der Waals surface area contributed by atoms with Crippen molar-refractivity contribution in [2.75, 3.05) is 19.6 Å². The third-order valence-corrected chi connectivity index (χ3v) is 16.5. The Morgan fingerprint density at radius 1 is 0.340 bits per heavy atom. The fourth-order valence-electron chi connectivity index (χ4n) is 5.32. The number of quaternary nitrogens is 1. The molecule has 6 rings (SSSR count). The van der Waals surface area contributed by atoms with Gasteiger partial charge in [-0.2, -0.15) is 0 Å². The Bertz CT molecular complexity index is 1550. The minimum atomic E-state index is -6.81. The van der Waals surface area contributed by atoms with Crippen molar-refractivity contribution in [2.24, 2.45) is 0 Å². The van der Waals surface area contributed by atoms with Crippen LogP contribution in [0.3, 0.4) is 0 Å². The Kier molecular flexibility index (Phi) is 12.5. The van der Waals surface area contributed by atoms with Crippen LogP contribution >= 0.6 is 147 Å². The molecular formula is C30H28Cl12NO6P. The van der Waals surface area contributed by atoms with Crippen LogP contribution in [0.15, 0.2) is 0 Å². The number of rotatable bonds is 9. The molecule has 0 aliphatic carbocycles. The monoisotopic (exact) mass is 949 g/mol. The number of fused-ring (bicyclic) bond motifs is 3. The van der Waals surface area contributed by atoms with E-state index < -0.39 is 7.31 Å². The zero-order valence-electron chi connectivity index (χ0n) is 26.3. The van der Waals surface area contributed by atoms with Gasteiger partial charge in [-0.1, -0.05) is 40.0 Å². The van der Waals surface area contributed by atoms with Crippen molar-refractivity contribution >= 4 is 147 Å². The summed E-state index contributed by atoms with van der Waals surface area (Å²) in [6, 6.07) is 0. The summed E-state index contributed by atoms with van der Waals surface area (Å²) in [6.45, 7) is 11.1. The molecule has 3 aliphatic heterocycles. The first-order valence-electron chi connectivity index (χ1n) is 15.3. The molecule has 1 N–H and O–H groups in total. The molecule has 3 heterocycles. The molecule has 0 atom stereocenters. The van der Waals surface area contributed by atoms with Gasteiger partial charge in [0.15, 0.2) is 0 Å². The standard InChI is InChI=1S/C18Cl12O6P.C12H27N/c19-1-2(20)8(26)14-13(7(1)25)31-37(32-14,33-15-9(27)3(21)4(22)10(28)16(15)34-37)35-17-11(29)5(23)6(24)12(30)18(17)36-37;1-4-7-10-13(11-8-5-2)12-9-6-3/h;4-12H2,1-3H3/q-1;/p+1. The summed E-state index contributed by atoms with van der Waals surface area (Å²) in [5, 5.41) is -2.92. The number of unbranched alkanes of at least 4 members (excludes halogenated alkanes) is 3. The maximum absolute atomic E-state index is 6.81. The van der Waals surface area contributed by atoms with E-state index >= 15 is 0 Å². The Labute approximate surface area is 349 Å². The van der Waals surface area contributed by atoms with E-state index in [1.165, 1.54) is 58.2 Å². The predicted octanol–water partition coefficient (Wildman–Crippen LogP) is 15.1. The fourth-order valence-corrected chi connectivity index (χ4v) is 12.2. The van der Waals surface area contributed by atoms with Gasteiger partial charge in [-0.25, -0.2) is 0 Å². The first-order chi connectivity index (χ1) is 23.5. The molecule has 0 saturated heterocycles. The van der Waals surface area contributed by atoms with Crippen molar-refractivity contribution < 1.29 is 32.0 Å². The summed E-state index contributed by atoms with van der Waals surface area (Å²) in [7, 11) is -6.81. The molecule has 7 nitrogen and oxygen atoms in total. The summed E-state index contributed by atoms with van der Waals surface area (Å²) >= 11 is 75.9. The normalized spacial score (nSPS) is 17.8. The maximum atomic E-state index is 6.42. The minimum absolute atomic E-state index is 0.205. The van der Waals surface area contributed by atoms with Crippen molar-refractivity contribution in [2.45, 2.75) is 59.3 Å². The molecule has 1 spiro atoms. The fraction of sp³-hybridized carbons (Fsp3) is 0.400. The van der Waals surface area contributed by atoms with Gasteiger partial charge >= 0.3 is 268 Å². The molecule has 0 radical (unpaired) electrons. The quantitative estimate of drug-likeness (QED) is 0.131. The van der Waals surface area contributed by atoms with Crippen molar-refractivity contribution in [3.63, 3.8) is 0 Å². The van der Waals surface area contributed by atoms with Gasteiger partial charge in [-0.05, 0) is 19.3 Å². The third-order valence-electron chi connectivity index (χ3n) is 7.87.